The molecule has 5 N–H and O–H groups in total. The van der Waals surface area contributed by atoms with Crippen molar-refractivity contribution in [3.05, 3.63) is 0 Å². The van der Waals surface area contributed by atoms with E-state index in [0.717, 1.165) is 0 Å². The van der Waals surface area contributed by atoms with Crippen LogP contribution in [0.15, 0.2) is 0 Å². The molecule has 70 valence electrons. The molecule has 0 spiro atoms. The Balaban J connectivity index is 2.88. The third-order valence-electron chi connectivity index (χ3n) is 2.01. The predicted molar refractivity (Wildman–Crippen MR) is 37.0 cm³/mol. The molecular weight excluding hydrogens is 166 g/mol. The fourth-order valence-electron chi connectivity index (χ4n) is 1.19. The zero-order chi connectivity index (χ0) is 9.35. The Morgan fingerprint density at radius 2 is 2.33 bits per heavy atom. The second-order valence-electron chi connectivity index (χ2n) is 2.71. The minimum absolute atomic E-state index is 0.204. The van der Waals surface area contributed by atoms with Crippen LogP contribution in [0, 0.1) is 0 Å². The highest BCUT2D eigenvalue weighted by molar-refractivity contribution is 5.85. The van der Waals surface area contributed by atoms with Gasteiger partial charge in [0.2, 0.25) is 0 Å². The lowest BCUT2D eigenvalue weighted by molar-refractivity contribution is -0.153. The third kappa shape index (κ3) is 1.09. The first-order valence-electron chi connectivity index (χ1n) is 3.46. The highest BCUT2D eigenvalue weighted by Gasteiger charge is 2.54. The number of rotatable bonds is 2. The molecule has 0 aromatic carbocycles. The van der Waals surface area contributed by atoms with Crippen molar-refractivity contribution < 1.29 is 24.9 Å². The number of nitrogens with two attached hydrogens (primary N) is 1. The van der Waals surface area contributed by atoms with Crippen molar-refractivity contribution in [3.8, 4) is 0 Å². The molecule has 12 heavy (non-hydrogen) atoms. The lowest BCUT2D eigenvalue weighted by atomic mass is 9.93. The molecule has 3 atom stereocenters. The molecule has 0 unspecified atom stereocenters. The first-order chi connectivity index (χ1) is 5.53. The predicted octanol–water partition coefficient (Wildman–Crippen LogP) is -3.05. The van der Waals surface area contributed by atoms with Gasteiger partial charge in [0.15, 0.2) is 5.60 Å². The third-order valence-corrected chi connectivity index (χ3v) is 2.01. The van der Waals surface area contributed by atoms with Gasteiger partial charge >= 0.3 is 0 Å². The second-order valence-corrected chi connectivity index (χ2v) is 2.71. The zero-order valence-corrected chi connectivity index (χ0v) is 6.30. The van der Waals surface area contributed by atoms with E-state index < -0.39 is 30.3 Å². The van der Waals surface area contributed by atoms with E-state index in [1.807, 2.05) is 0 Å². The quantitative estimate of drug-likeness (QED) is 0.358. The summed E-state index contributed by atoms with van der Waals surface area (Å²) in [6.45, 7) is -0.763. The molecule has 0 aromatic rings. The Labute approximate surface area is 68.6 Å². The summed E-state index contributed by atoms with van der Waals surface area (Å²) in [4.78, 5) is 10.7. The van der Waals surface area contributed by atoms with Gasteiger partial charge in [-0.3, -0.25) is 4.79 Å². The van der Waals surface area contributed by atoms with E-state index in [9.17, 15) is 9.90 Å². The molecule has 6 nitrogen and oxygen atoms in total. The van der Waals surface area contributed by atoms with Crippen LogP contribution in [0.3, 0.4) is 0 Å². The topological polar surface area (TPSA) is 113 Å². The summed E-state index contributed by atoms with van der Waals surface area (Å²) >= 11 is 0. The molecular formula is C6H11NO5. The van der Waals surface area contributed by atoms with Crippen LogP contribution in [0.25, 0.3) is 0 Å². The average molecular weight is 177 g/mol. The minimum atomic E-state index is -2.16. The summed E-state index contributed by atoms with van der Waals surface area (Å²) in [7, 11) is 0. The molecule has 1 fully saturated rings. The number of carbonyl (C=O) groups is 1. The van der Waals surface area contributed by atoms with E-state index in [1.165, 1.54) is 0 Å². The number of primary amides is 1. The molecule has 0 saturated carbocycles. The fourth-order valence-corrected chi connectivity index (χ4v) is 1.19. The Morgan fingerprint density at radius 1 is 1.75 bits per heavy atom. The zero-order valence-electron chi connectivity index (χ0n) is 6.30. The highest BCUT2D eigenvalue weighted by Crippen LogP contribution is 2.25. The molecule has 1 amide bonds. The van der Waals surface area contributed by atoms with Gasteiger partial charge in [-0.2, -0.15) is 0 Å². The maximum absolute atomic E-state index is 10.7. The molecule has 1 rings (SSSR count). The molecule has 6 heteroatoms. The Kier molecular flexibility index (Phi) is 2.34. The van der Waals surface area contributed by atoms with Gasteiger partial charge in [0.25, 0.3) is 5.91 Å². The van der Waals surface area contributed by atoms with Crippen molar-refractivity contribution in [1.29, 1.82) is 0 Å². The minimum Gasteiger partial charge on any atom is -0.394 e. The summed E-state index contributed by atoms with van der Waals surface area (Å²) < 4.78 is 4.74. The van der Waals surface area contributed by atoms with Crippen LogP contribution in [0.2, 0.25) is 0 Å². The van der Waals surface area contributed by atoms with E-state index >= 15 is 0 Å². The molecule has 1 saturated heterocycles. The summed E-state index contributed by atoms with van der Waals surface area (Å²) in [5.41, 5.74) is 2.69. The second kappa shape index (κ2) is 2.98. The van der Waals surface area contributed by atoms with Crippen LogP contribution >= 0.6 is 0 Å². The van der Waals surface area contributed by atoms with Crippen molar-refractivity contribution in [2.24, 2.45) is 5.73 Å². The number of carbonyl (C=O) groups excluding carboxylic acids is 1. The molecule has 0 bridgehead atoms. The number of ether oxygens (including phenoxy) is 1. The van der Waals surface area contributed by atoms with Crippen LogP contribution < -0.4 is 5.73 Å². The van der Waals surface area contributed by atoms with Crippen molar-refractivity contribution >= 4 is 5.91 Å². The maximum atomic E-state index is 10.7. The number of hydrogen-bond acceptors (Lipinski definition) is 5. The van der Waals surface area contributed by atoms with Crippen LogP contribution in [-0.4, -0.2) is 52.2 Å². The highest BCUT2D eigenvalue weighted by atomic mass is 16.5. The average Bonchev–Trinajstić information content (AvgIpc) is 2.30. The van der Waals surface area contributed by atoms with Gasteiger partial charge in [0.05, 0.1) is 13.2 Å². The SMILES string of the molecule is NC(=O)[C@]1(O)[C@@H](O)CO[C@@H]1CO. The van der Waals surface area contributed by atoms with Crippen LogP contribution in [0.4, 0.5) is 0 Å². The molecule has 1 heterocycles. The summed E-state index contributed by atoms with van der Waals surface area (Å²) in [6, 6.07) is 0. The number of amides is 1. The van der Waals surface area contributed by atoms with E-state index in [0.29, 0.717) is 0 Å². The van der Waals surface area contributed by atoms with Crippen LogP contribution in [-0.2, 0) is 9.53 Å². The summed E-state index contributed by atoms with van der Waals surface area (Å²) in [6.07, 6.45) is -2.50. The van der Waals surface area contributed by atoms with Crippen molar-refractivity contribution in [2.45, 2.75) is 17.8 Å². The number of aliphatic hydroxyl groups excluding tert-OH is 2. The smallest absolute Gasteiger partial charge is 0.255 e. The van der Waals surface area contributed by atoms with Gasteiger partial charge in [-0.1, -0.05) is 0 Å². The van der Waals surface area contributed by atoms with Crippen molar-refractivity contribution in [1.82, 2.24) is 0 Å². The Bertz CT molecular complexity index is 196. The van der Waals surface area contributed by atoms with Gasteiger partial charge in [-0.15, -0.1) is 0 Å². The molecule has 1 aliphatic heterocycles. The Hall–Kier alpha value is -0.690. The van der Waals surface area contributed by atoms with Crippen molar-refractivity contribution in [2.75, 3.05) is 13.2 Å². The van der Waals surface area contributed by atoms with E-state index in [-0.39, 0.29) is 6.61 Å². The van der Waals surface area contributed by atoms with Gasteiger partial charge in [0, 0.05) is 0 Å². The first-order valence-corrected chi connectivity index (χ1v) is 3.46. The fraction of sp³-hybridized carbons (Fsp3) is 0.833. The van der Waals surface area contributed by atoms with Gasteiger partial charge in [0.1, 0.15) is 12.2 Å². The normalized spacial score (nSPS) is 41.6. The van der Waals surface area contributed by atoms with Crippen molar-refractivity contribution in [3.63, 3.8) is 0 Å². The summed E-state index contributed by atoms with van der Waals surface area (Å²) in [5, 5.41) is 27.3. The van der Waals surface area contributed by atoms with E-state index in [4.69, 9.17) is 20.7 Å². The standard InChI is InChI=1S/C6H11NO5/c7-5(10)6(11)3(9)2-12-4(6)1-8/h3-4,8-9,11H,1-2H2,(H2,7,10)/t3-,4+,6-/m0/s1. The lowest BCUT2D eigenvalue weighted by Gasteiger charge is -2.25. The number of hydrogen-bond donors (Lipinski definition) is 4. The van der Waals surface area contributed by atoms with E-state index in [1.54, 1.807) is 0 Å². The van der Waals surface area contributed by atoms with Crippen LogP contribution in [0.5, 0.6) is 0 Å². The maximum Gasteiger partial charge on any atom is 0.255 e. The van der Waals surface area contributed by atoms with Gasteiger partial charge < -0.3 is 25.8 Å². The first kappa shape index (κ1) is 9.40. The lowest BCUT2D eigenvalue weighted by Crippen LogP contribution is -2.58. The Morgan fingerprint density at radius 3 is 2.67 bits per heavy atom. The monoisotopic (exact) mass is 177 g/mol. The molecule has 1 aliphatic rings. The largest absolute Gasteiger partial charge is 0.394 e. The van der Waals surface area contributed by atoms with Crippen LogP contribution in [0.1, 0.15) is 0 Å². The van der Waals surface area contributed by atoms with Gasteiger partial charge in [-0.25, -0.2) is 0 Å². The van der Waals surface area contributed by atoms with E-state index in [2.05, 4.69) is 0 Å². The molecule has 0 aromatic heterocycles. The number of aliphatic hydroxyl groups is 3. The molecule has 0 radical (unpaired) electrons. The summed E-state index contributed by atoms with van der Waals surface area (Å²) in [5.74, 6) is -1.09. The molecule has 0 aliphatic carbocycles. The van der Waals surface area contributed by atoms with Gasteiger partial charge in [-0.05, 0) is 0 Å².